The Kier molecular flexibility index (Phi) is 5.81. The number of aliphatic imine (C=N–C) groups is 1. The molecule has 10 heteroatoms. The van der Waals surface area contributed by atoms with Crippen molar-refractivity contribution >= 4 is 34.9 Å². The average Bonchev–Trinajstić information content (AvgIpc) is 3.09. The molecule has 0 bridgehead atoms. The predicted molar refractivity (Wildman–Crippen MR) is 109 cm³/mol. The second-order valence-electron chi connectivity index (χ2n) is 6.09. The first-order chi connectivity index (χ1) is 13.7. The molecule has 1 aliphatic rings. The summed E-state index contributed by atoms with van der Waals surface area (Å²) in [5.41, 5.74) is -0.0517. The summed E-state index contributed by atoms with van der Waals surface area (Å²) < 4.78 is 54.2. The van der Waals surface area contributed by atoms with Crippen molar-refractivity contribution in [2.24, 2.45) is 4.99 Å². The van der Waals surface area contributed by atoms with Crippen LogP contribution in [0.5, 0.6) is 0 Å². The first-order valence-electron chi connectivity index (χ1n) is 8.28. The maximum Gasteiger partial charge on any atom is 0.435 e. The minimum Gasteiger partial charge on any atom is -0.343 e. The van der Waals surface area contributed by atoms with Crippen LogP contribution < -0.4 is 5.32 Å². The lowest BCUT2D eigenvalue weighted by Crippen LogP contribution is -2.27. The van der Waals surface area contributed by atoms with Crippen LogP contribution in [-0.2, 0) is 17.0 Å². The maximum absolute atomic E-state index is 13.3. The van der Waals surface area contributed by atoms with Crippen molar-refractivity contribution < 1.29 is 17.4 Å². The Morgan fingerprint density at radius 2 is 2.03 bits per heavy atom. The van der Waals surface area contributed by atoms with E-state index in [-0.39, 0.29) is 10.8 Å². The molecule has 2 aromatic rings. The van der Waals surface area contributed by atoms with E-state index in [4.69, 9.17) is 11.6 Å². The number of alkyl halides is 3. The van der Waals surface area contributed by atoms with Crippen molar-refractivity contribution in [3.63, 3.8) is 0 Å². The number of nitrogens with zero attached hydrogens (tertiary/aromatic N) is 3. The van der Waals surface area contributed by atoms with Crippen LogP contribution in [0.1, 0.15) is 24.2 Å². The molecule has 1 aliphatic heterocycles. The topological polar surface area (TPSA) is 59.3 Å². The van der Waals surface area contributed by atoms with E-state index in [2.05, 4.69) is 28.7 Å². The fourth-order valence-electron chi connectivity index (χ4n) is 2.96. The zero-order valence-electron chi connectivity index (χ0n) is 15.2. The number of hydrogen-bond donors (Lipinski definition) is 1. The molecule has 0 spiro atoms. The molecule has 1 aromatic carbocycles. The van der Waals surface area contributed by atoms with E-state index in [1.165, 1.54) is 16.8 Å². The largest absolute Gasteiger partial charge is 0.435 e. The van der Waals surface area contributed by atoms with Gasteiger partial charge in [-0.1, -0.05) is 36.4 Å². The first-order valence-corrected chi connectivity index (χ1v) is 9.81. The molecule has 0 fully saturated rings. The number of halogens is 4. The summed E-state index contributed by atoms with van der Waals surface area (Å²) in [6, 6.07) is 6.57. The first kappa shape index (κ1) is 21.1. The summed E-state index contributed by atoms with van der Waals surface area (Å²) in [7, 11) is -1.83. The van der Waals surface area contributed by atoms with Gasteiger partial charge in [-0.25, -0.2) is 8.89 Å². The lowest BCUT2D eigenvalue weighted by Gasteiger charge is -2.29. The highest BCUT2D eigenvalue weighted by Crippen LogP contribution is 2.41. The standard InChI is InChI=1S/C19H16ClF3N4OS/c1-4-5-16(24-3)29(28)18-11(2)25-15-10-14(19(21,22)23)26-27(15)17(18)12-6-8-13(20)9-7-12/h4-10,17,25H,1,3H2,2H3/b16-5+. The molecule has 2 atom stereocenters. The van der Waals surface area contributed by atoms with E-state index in [0.29, 0.717) is 21.2 Å². The average molecular weight is 441 g/mol. The molecule has 152 valence electrons. The lowest BCUT2D eigenvalue weighted by molar-refractivity contribution is -0.141. The number of rotatable bonds is 5. The number of anilines is 1. The quantitative estimate of drug-likeness (QED) is 0.508. The van der Waals surface area contributed by atoms with Gasteiger partial charge in [-0.2, -0.15) is 18.3 Å². The van der Waals surface area contributed by atoms with Gasteiger partial charge in [-0.3, -0.25) is 4.99 Å². The molecule has 0 radical (unpaired) electrons. The van der Waals surface area contributed by atoms with Gasteiger partial charge in [0, 0.05) is 16.8 Å². The fourth-order valence-corrected chi connectivity index (χ4v) is 4.41. The van der Waals surface area contributed by atoms with E-state index in [1.807, 2.05) is 0 Å². The third kappa shape index (κ3) is 4.06. The van der Waals surface area contributed by atoms with E-state index >= 15 is 0 Å². The minimum atomic E-state index is -4.62. The highest BCUT2D eigenvalue weighted by molar-refractivity contribution is 7.92. The summed E-state index contributed by atoms with van der Waals surface area (Å²) >= 11 is 5.96. The second kappa shape index (κ2) is 8.00. The molecule has 0 amide bonds. The van der Waals surface area contributed by atoms with Crippen molar-refractivity contribution in [1.82, 2.24) is 9.78 Å². The van der Waals surface area contributed by atoms with Crippen molar-refractivity contribution in [1.29, 1.82) is 0 Å². The van der Waals surface area contributed by atoms with Gasteiger partial charge in [0.2, 0.25) is 0 Å². The second-order valence-corrected chi connectivity index (χ2v) is 7.92. The summed E-state index contributed by atoms with van der Waals surface area (Å²) in [5.74, 6) is 0.135. The van der Waals surface area contributed by atoms with Gasteiger partial charge in [0.25, 0.3) is 0 Å². The highest BCUT2D eigenvalue weighted by Gasteiger charge is 2.39. The normalized spacial score (nSPS) is 18.1. The summed E-state index contributed by atoms with van der Waals surface area (Å²) in [6.07, 6.45) is -1.78. The number of benzene rings is 1. The third-order valence-corrected chi connectivity index (χ3v) is 6.02. The maximum atomic E-state index is 13.3. The van der Waals surface area contributed by atoms with E-state index < -0.39 is 28.7 Å². The van der Waals surface area contributed by atoms with Crippen molar-refractivity contribution in [2.45, 2.75) is 19.1 Å². The highest BCUT2D eigenvalue weighted by atomic mass is 35.5. The van der Waals surface area contributed by atoms with Gasteiger partial charge in [0.15, 0.2) is 5.69 Å². The monoisotopic (exact) mass is 440 g/mol. The molecule has 1 N–H and O–H groups in total. The Balaban J connectivity index is 2.23. The molecule has 1 aromatic heterocycles. The van der Waals surface area contributed by atoms with Gasteiger partial charge in [0.05, 0.1) is 4.91 Å². The van der Waals surface area contributed by atoms with Gasteiger partial charge in [-0.15, -0.1) is 0 Å². The zero-order valence-corrected chi connectivity index (χ0v) is 16.8. The van der Waals surface area contributed by atoms with Crippen LogP contribution >= 0.6 is 11.6 Å². The van der Waals surface area contributed by atoms with Gasteiger partial charge in [-0.05, 0) is 37.4 Å². The van der Waals surface area contributed by atoms with Crippen LogP contribution in [0.3, 0.4) is 0 Å². The Bertz CT molecular complexity index is 1050. The SMILES string of the molecule is C=C/C=C(\N=C)S(=O)C1=C(C)Nc2cc(C(F)(F)F)nn2C1c1ccc(Cl)cc1. The molecule has 0 aliphatic carbocycles. The van der Waals surface area contributed by atoms with E-state index in [0.717, 1.165) is 6.07 Å². The van der Waals surface area contributed by atoms with Crippen molar-refractivity contribution in [3.8, 4) is 0 Å². The number of nitrogens with one attached hydrogen (secondary N) is 1. The van der Waals surface area contributed by atoms with Crippen molar-refractivity contribution in [3.05, 3.63) is 81.0 Å². The lowest BCUT2D eigenvalue weighted by atomic mass is 10.0. The van der Waals surface area contributed by atoms with Crippen LogP contribution in [0, 0.1) is 0 Å². The zero-order chi connectivity index (χ0) is 21.3. The molecule has 5 nitrogen and oxygen atoms in total. The van der Waals surface area contributed by atoms with Crippen LogP contribution in [0.15, 0.2) is 69.7 Å². The molecular weight excluding hydrogens is 425 g/mol. The van der Waals surface area contributed by atoms with Crippen LogP contribution in [0.25, 0.3) is 0 Å². The molecule has 3 rings (SSSR count). The molecule has 2 unspecified atom stereocenters. The number of fused-ring (bicyclic) bond motifs is 1. The fraction of sp³-hybridized carbons (Fsp3) is 0.158. The summed E-state index contributed by atoms with van der Waals surface area (Å²) in [4.78, 5) is 4.08. The molecule has 0 saturated heterocycles. The molecule has 29 heavy (non-hydrogen) atoms. The Hall–Kier alpha value is -2.65. The number of hydrogen-bond acceptors (Lipinski definition) is 4. The Labute approximate surface area is 172 Å². The minimum absolute atomic E-state index is 0.127. The van der Waals surface area contributed by atoms with Crippen LogP contribution in [0.2, 0.25) is 5.02 Å². The molecule has 0 saturated carbocycles. The predicted octanol–water partition coefficient (Wildman–Crippen LogP) is 5.28. The Morgan fingerprint density at radius 1 is 1.38 bits per heavy atom. The third-order valence-electron chi connectivity index (χ3n) is 4.20. The van der Waals surface area contributed by atoms with Crippen LogP contribution in [0.4, 0.5) is 19.0 Å². The van der Waals surface area contributed by atoms with Gasteiger partial charge in [0.1, 0.15) is 27.7 Å². The van der Waals surface area contributed by atoms with Crippen LogP contribution in [-0.4, -0.2) is 20.7 Å². The van der Waals surface area contributed by atoms with Gasteiger partial charge < -0.3 is 5.32 Å². The molecule has 2 heterocycles. The summed E-state index contributed by atoms with van der Waals surface area (Å²) in [5, 5.41) is 7.19. The molecular formula is C19H16ClF3N4OS. The van der Waals surface area contributed by atoms with Gasteiger partial charge >= 0.3 is 6.18 Å². The smallest absolute Gasteiger partial charge is 0.343 e. The number of allylic oxidation sites excluding steroid dienone is 4. The van der Waals surface area contributed by atoms with E-state index in [9.17, 15) is 17.4 Å². The van der Waals surface area contributed by atoms with E-state index in [1.54, 1.807) is 31.2 Å². The van der Waals surface area contributed by atoms with Crippen molar-refractivity contribution in [2.75, 3.05) is 5.32 Å². The Morgan fingerprint density at radius 3 is 2.59 bits per heavy atom. The number of aromatic nitrogens is 2. The summed E-state index contributed by atoms with van der Waals surface area (Å²) in [6.45, 7) is 8.61.